The molecule has 0 spiro atoms. The van der Waals surface area contributed by atoms with Crippen LogP contribution in [0.25, 0.3) is 11.3 Å². The second kappa shape index (κ2) is 3.30. The first-order valence-electron chi connectivity index (χ1n) is 3.71. The van der Waals surface area contributed by atoms with Crippen molar-refractivity contribution in [3.05, 3.63) is 41.0 Å². The summed E-state index contributed by atoms with van der Waals surface area (Å²) in [5.74, 6) is -0.257. The minimum atomic E-state index is -0.257. The highest BCUT2D eigenvalue weighted by Gasteiger charge is 2.05. The first kappa shape index (κ1) is 8.44. The molecule has 1 aromatic carbocycles. The Morgan fingerprint density at radius 1 is 1.38 bits per heavy atom. The number of aromatic nitrogens is 2. The van der Waals surface area contributed by atoms with Gasteiger partial charge in [0.25, 0.3) is 0 Å². The summed E-state index contributed by atoms with van der Waals surface area (Å²) in [5, 5.41) is 0. The molecule has 0 saturated heterocycles. The molecule has 0 unspecified atom stereocenters. The van der Waals surface area contributed by atoms with E-state index >= 15 is 0 Å². The van der Waals surface area contributed by atoms with Crippen LogP contribution in [0, 0.1) is 5.82 Å². The summed E-state index contributed by atoms with van der Waals surface area (Å²) in [6, 6.07) is 4.79. The molecule has 0 fully saturated rings. The smallest absolute Gasteiger partial charge is 0.132 e. The third-order valence-corrected chi connectivity index (χ3v) is 2.21. The van der Waals surface area contributed by atoms with E-state index < -0.39 is 0 Å². The number of hydrogen-bond acceptors (Lipinski definition) is 1. The van der Waals surface area contributed by atoms with Crippen LogP contribution in [-0.4, -0.2) is 9.97 Å². The SMILES string of the molecule is Fc1ccc(Br)cc1-c1cnc[nH]1. The minimum Gasteiger partial charge on any atom is -0.345 e. The van der Waals surface area contributed by atoms with Gasteiger partial charge in [-0.25, -0.2) is 9.37 Å². The molecule has 0 radical (unpaired) electrons. The van der Waals surface area contributed by atoms with Crippen LogP contribution >= 0.6 is 15.9 Å². The summed E-state index contributed by atoms with van der Waals surface area (Å²) in [7, 11) is 0. The summed E-state index contributed by atoms with van der Waals surface area (Å²) >= 11 is 3.28. The zero-order chi connectivity index (χ0) is 9.26. The van der Waals surface area contributed by atoms with Crippen molar-refractivity contribution in [3.63, 3.8) is 0 Å². The van der Waals surface area contributed by atoms with E-state index in [1.807, 2.05) is 0 Å². The van der Waals surface area contributed by atoms with E-state index in [2.05, 4.69) is 25.9 Å². The fourth-order valence-corrected chi connectivity index (χ4v) is 1.47. The Morgan fingerprint density at radius 3 is 2.92 bits per heavy atom. The molecule has 0 saturated carbocycles. The second-order valence-corrected chi connectivity index (χ2v) is 3.51. The third kappa shape index (κ3) is 1.62. The molecule has 0 aliphatic heterocycles. The van der Waals surface area contributed by atoms with Gasteiger partial charge in [0.15, 0.2) is 0 Å². The highest BCUT2D eigenvalue weighted by Crippen LogP contribution is 2.23. The maximum absolute atomic E-state index is 13.3. The molecule has 13 heavy (non-hydrogen) atoms. The molecule has 2 rings (SSSR count). The largest absolute Gasteiger partial charge is 0.345 e. The molecule has 1 aromatic heterocycles. The number of benzene rings is 1. The van der Waals surface area contributed by atoms with Gasteiger partial charge >= 0.3 is 0 Å². The summed E-state index contributed by atoms with van der Waals surface area (Å²) in [4.78, 5) is 6.68. The van der Waals surface area contributed by atoms with Crippen LogP contribution in [0.2, 0.25) is 0 Å². The van der Waals surface area contributed by atoms with Gasteiger partial charge in [0.05, 0.1) is 18.2 Å². The lowest BCUT2D eigenvalue weighted by Gasteiger charge is -1.99. The zero-order valence-electron chi connectivity index (χ0n) is 6.59. The molecule has 0 amide bonds. The van der Waals surface area contributed by atoms with Crippen LogP contribution < -0.4 is 0 Å². The summed E-state index contributed by atoms with van der Waals surface area (Å²) in [6.07, 6.45) is 3.11. The maximum atomic E-state index is 13.3. The Balaban J connectivity index is 2.57. The third-order valence-electron chi connectivity index (χ3n) is 1.72. The van der Waals surface area contributed by atoms with E-state index in [0.29, 0.717) is 11.3 Å². The molecule has 66 valence electrons. The standard InChI is InChI=1S/C9H6BrFN2/c10-6-1-2-8(11)7(3-6)9-4-12-5-13-9/h1-5H,(H,12,13). The van der Waals surface area contributed by atoms with Crippen LogP contribution in [-0.2, 0) is 0 Å². The van der Waals surface area contributed by atoms with Crippen LogP contribution in [0.3, 0.4) is 0 Å². The van der Waals surface area contributed by atoms with Crippen LogP contribution in [0.5, 0.6) is 0 Å². The average molecular weight is 241 g/mol. The normalized spacial score (nSPS) is 10.3. The Morgan fingerprint density at radius 2 is 2.23 bits per heavy atom. The number of hydrogen-bond donors (Lipinski definition) is 1. The Labute approximate surface area is 83.0 Å². The summed E-state index contributed by atoms with van der Waals surface area (Å²) in [6.45, 7) is 0. The average Bonchev–Trinajstić information content (AvgIpc) is 2.61. The quantitative estimate of drug-likeness (QED) is 0.816. The van der Waals surface area contributed by atoms with Crippen molar-refractivity contribution in [2.45, 2.75) is 0 Å². The number of H-pyrrole nitrogens is 1. The predicted octanol–water partition coefficient (Wildman–Crippen LogP) is 2.98. The molecule has 2 nitrogen and oxygen atoms in total. The molecule has 1 N–H and O–H groups in total. The van der Waals surface area contributed by atoms with Crippen molar-refractivity contribution in [2.75, 3.05) is 0 Å². The zero-order valence-corrected chi connectivity index (χ0v) is 8.18. The number of imidazole rings is 1. The van der Waals surface area contributed by atoms with Gasteiger partial charge in [0.1, 0.15) is 5.82 Å². The molecule has 0 aliphatic carbocycles. The van der Waals surface area contributed by atoms with Crippen molar-refractivity contribution in [3.8, 4) is 11.3 Å². The fraction of sp³-hybridized carbons (Fsp3) is 0. The molecule has 0 bridgehead atoms. The monoisotopic (exact) mass is 240 g/mol. The van der Waals surface area contributed by atoms with Crippen molar-refractivity contribution < 1.29 is 4.39 Å². The number of halogens is 2. The van der Waals surface area contributed by atoms with Crippen LogP contribution in [0.4, 0.5) is 4.39 Å². The molecule has 2 aromatic rings. The van der Waals surface area contributed by atoms with Gasteiger partial charge in [-0.3, -0.25) is 0 Å². The van der Waals surface area contributed by atoms with Gasteiger partial charge < -0.3 is 4.98 Å². The van der Waals surface area contributed by atoms with Gasteiger partial charge in [0.2, 0.25) is 0 Å². The fourth-order valence-electron chi connectivity index (χ4n) is 1.11. The van der Waals surface area contributed by atoms with Crippen molar-refractivity contribution in [1.82, 2.24) is 9.97 Å². The highest BCUT2D eigenvalue weighted by molar-refractivity contribution is 9.10. The lowest BCUT2D eigenvalue weighted by Crippen LogP contribution is -1.83. The molecular formula is C9H6BrFN2. The van der Waals surface area contributed by atoms with E-state index in [1.54, 1.807) is 18.3 Å². The van der Waals surface area contributed by atoms with Gasteiger partial charge in [0, 0.05) is 10.0 Å². The second-order valence-electron chi connectivity index (χ2n) is 2.59. The molecule has 0 atom stereocenters. The highest BCUT2D eigenvalue weighted by atomic mass is 79.9. The molecule has 1 heterocycles. The summed E-state index contributed by atoms with van der Waals surface area (Å²) < 4.78 is 14.1. The Bertz CT molecular complexity index is 412. The van der Waals surface area contributed by atoms with E-state index in [1.165, 1.54) is 12.4 Å². The molecular weight excluding hydrogens is 235 g/mol. The van der Waals surface area contributed by atoms with E-state index in [0.717, 1.165) is 4.47 Å². The van der Waals surface area contributed by atoms with Gasteiger partial charge in [-0.2, -0.15) is 0 Å². The van der Waals surface area contributed by atoms with Crippen molar-refractivity contribution in [2.24, 2.45) is 0 Å². The van der Waals surface area contributed by atoms with E-state index in [9.17, 15) is 4.39 Å². The lowest BCUT2D eigenvalue weighted by molar-refractivity contribution is 0.630. The van der Waals surface area contributed by atoms with Crippen molar-refractivity contribution in [1.29, 1.82) is 0 Å². The first-order valence-corrected chi connectivity index (χ1v) is 4.50. The molecule has 4 heteroatoms. The minimum absolute atomic E-state index is 0.257. The Hall–Kier alpha value is -1.16. The van der Waals surface area contributed by atoms with E-state index in [4.69, 9.17) is 0 Å². The topological polar surface area (TPSA) is 28.7 Å². The first-order chi connectivity index (χ1) is 6.27. The number of rotatable bonds is 1. The van der Waals surface area contributed by atoms with Crippen molar-refractivity contribution >= 4 is 15.9 Å². The maximum Gasteiger partial charge on any atom is 0.132 e. The number of aromatic amines is 1. The Kier molecular flexibility index (Phi) is 2.14. The predicted molar refractivity (Wildman–Crippen MR) is 51.7 cm³/mol. The van der Waals surface area contributed by atoms with E-state index in [-0.39, 0.29) is 5.82 Å². The van der Waals surface area contributed by atoms with Gasteiger partial charge in [-0.1, -0.05) is 15.9 Å². The number of nitrogens with zero attached hydrogens (tertiary/aromatic N) is 1. The van der Waals surface area contributed by atoms with Gasteiger partial charge in [-0.05, 0) is 18.2 Å². The number of nitrogens with one attached hydrogen (secondary N) is 1. The molecule has 0 aliphatic rings. The lowest BCUT2D eigenvalue weighted by atomic mass is 10.1. The van der Waals surface area contributed by atoms with Crippen LogP contribution in [0.15, 0.2) is 35.2 Å². The summed E-state index contributed by atoms with van der Waals surface area (Å²) in [5.41, 5.74) is 1.20. The van der Waals surface area contributed by atoms with Gasteiger partial charge in [-0.15, -0.1) is 0 Å². The van der Waals surface area contributed by atoms with Crippen LogP contribution in [0.1, 0.15) is 0 Å².